The van der Waals surface area contributed by atoms with Crippen LogP contribution in [0.2, 0.25) is 5.02 Å². The fourth-order valence-corrected chi connectivity index (χ4v) is 4.22. The summed E-state index contributed by atoms with van der Waals surface area (Å²) in [6, 6.07) is 16.6. The Labute approximate surface area is 163 Å². The van der Waals surface area contributed by atoms with E-state index in [2.05, 4.69) is 46.4 Å². The summed E-state index contributed by atoms with van der Waals surface area (Å²) < 4.78 is 2.33. The second kappa shape index (κ2) is 6.84. The van der Waals surface area contributed by atoms with Crippen molar-refractivity contribution in [2.75, 3.05) is 13.1 Å². The third kappa shape index (κ3) is 3.03. The highest BCUT2D eigenvalue weighted by atomic mass is 35.5. The minimum Gasteiger partial charge on any atom is -0.341 e. The molecule has 0 spiro atoms. The number of halogens is 1. The molecule has 2 aromatic carbocycles. The molecule has 0 atom stereocenters. The molecule has 0 saturated carbocycles. The van der Waals surface area contributed by atoms with Gasteiger partial charge in [0.15, 0.2) is 0 Å². The molecule has 4 heteroatoms. The number of pyridine rings is 1. The quantitative estimate of drug-likeness (QED) is 0.530. The van der Waals surface area contributed by atoms with Gasteiger partial charge in [-0.05, 0) is 42.3 Å². The number of rotatable bonds is 3. The van der Waals surface area contributed by atoms with Crippen molar-refractivity contribution < 1.29 is 0 Å². The molecule has 3 nitrogen and oxygen atoms in total. The van der Waals surface area contributed by atoms with E-state index in [1.807, 2.05) is 30.5 Å². The van der Waals surface area contributed by atoms with E-state index in [1.54, 1.807) is 0 Å². The van der Waals surface area contributed by atoms with Crippen molar-refractivity contribution >= 4 is 39.0 Å². The predicted octanol–water partition coefficient (Wildman–Crippen LogP) is 5.27. The number of hydrogen-bond acceptors (Lipinski definition) is 2. The third-order valence-electron chi connectivity index (χ3n) is 5.26. The summed E-state index contributed by atoms with van der Waals surface area (Å²) in [5, 5.41) is 6.62. The van der Waals surface area contributed by atoms with Gasteiger partial charge in [0.1, 0.15) is 0 Å². The van der Waals surface area contributed by atoms with Crippen LogP contribution < -0.4 is 5.32 Å². The van der Waals surface area contributed by atoms with Crippen molar-refractivity contribution in [3.8, 4) is 0 Å². The lowest BCUT2D eigenvalue weighted by atomic mass is 9.99. The molecule has 0 amide bonds. The fraction of sp³-hybridized carbons (Fsp3) is 0.174. The molecule has 0 radical (unpaired) electrons. The average molecular weight is 374 g/mol. The van der Waals surface area contributed by atoms with Crippen LogP contribution in [0.25, 0.3) is 27.4 Å². The minimum absolute atomic E-state index is 0.772. The summed E-state index contributed by atoms with van der Waals surface area (Å²) in [7, 11) is 0. The van der Waals surface area contributed by atoms with Crippen LogP contribution in [0.1, 0.15) is 17.5 Å². The van der Waals surface area contributed by atoms with E-state index in [4.69, 9.17) is 16.6 Å². The molecule has 2 aromatic heterocycles. The smallest absolute Gasteiger partial charge is 0.0945 e. The lowest BCUT2D eigenvalue weighted by Gasteiger charge is -2.13. The molecular formula is C23H20ClN3. The Hall–Kier alpha value is -2.62. The molecule has 1 aliphatic heterocycles. The van der Waals surface area contributed by atoms with Crippen LogP contribution >= 0.6 is 11.6 Å². The SMILES string of the molecule is Clc1cccc(Cn2cc(C3=CCNCC3)c3ccc4cccnc4c32)c1. The van der Waals surface area contributed by atoms with Crippen LogP contribution in [-0.2, 0) is 6.54 Å². The van der Waals surface area contributed by atoms with Gasteiger partial charge in [0.25, 0.3) is 0 Å². The van der Waals surface area contributed by atoms with Crippen LogP contribution in [0.4, 0.5) is 0 Å². The Morgan fingerprint density at radius 2 is 2.07 bits per heavy atom. The number of aromatic nitrogens is 2. The normalized spacial score (nSPS) is 14.6. The maximum absolute atomic E-state index is 6.21. The number of hydrogen-bond donors (Lipinski definition) is 1. The van der Waals surface area contributed by atoms with E-state index in [1.165, 1.54) is 33.0 Å². The number of nitrogens with one attached hydrogen (secondary N) is 1. The summed E-state index contributed by atoms with van der Waals surface area (Å²) in [4.78, 5) is 4.71. The fourth-order valence-electron chi connectivity index (χ4n) is 4.01. The highest BCUT2D eigenvalue weighted by Crippen LogP contribution is 2.34. The summed E-state index contributed by atoms with van der Waals surface area (Å²) in [6.45, 7) is 2.74. The first-order valence-electron chi connectivity index (χ1n) is 9.31. The maximum Gasteiger partial charge on any atom is 0.0945 e. The second-order valence-corrected chi connectivity index (χ2v) is 7.46. The van der Waals surface area contributed by atoms with Crippen molar-refractivity contribution in [2.24, 2.45) is 0 Å². The zero-order valence-corrected chi connectivity index (χ0v) is 15.7. The van der Waals surface area contributed by atoms with Gasteiger partial charge < -0.3 is 9.88 Å². The zero-order chi connectivity index (χ0) is 18.2. The standard InChI is InChI=1S/C23H20ClN3/c24-19-5-1-3-16(13-19)14-27-15-21(17-8-11-25-12-9-17)20-7-6-18-4-2-10-26-22(18)23(20)27/h1-8,10,13,15,25H,9,11-12,14H2. The van der Waals surface area contributed by atoms with Gasteiger partial charge in [-0.1, -0.05) is 48.0 Å². The van der Waals surface area contributed by atoms with Gasteiger partial charge in [0, 0.05) is 46.8 Å². The van der Waals surface area contributed by atoms with Gasteiger partial charge in [-0.25, -0.2) is 0 Å². The van der Waals surface area contributed by atoms with Crippen LogP contribution in [0, 0.1) is 0 Å². The van der Waals surface area contributed by atoms with E-state index >= 15 is 0 Å². The van der Waals surface area contributed by atoms with Gasteiger partial charge in [-0.2, -0.15) is 0 Å². The van der Waals surface area contributed by atoms with Crippen LogP contribution in [0.15, 0.2) is 67.0 Å². The molecule has 27 heavy (non-hydrogen) atoms. The molecule has 0 aliphatic carbocycles. The van der Waals surface area contributed by atoms with Crippen molar-refractivity contribution in [3.05, 3.63) is 83.2 Å². The molecule has 1 aliphatic rings. The van der Waals surface area contributed by atoms with Gasteiger partial charge in [-0.3, -0.25) is 4.98 Å². The Morgan fingerprint density at radius 3 is 2.93 bits per heavy atom. The molecule has 0 saturated heterocycles. The number of benzene rings is 2. The Bertz CT molecular complexity index is 1170. The van der Waals surface area contributed by atoms with Crippen LogP contribution in [0.5, 0.6) is 0 Å². The monoisotopic (exact) mass is 373 g/mol. The lowest BCUT2D eigenvalue weighted by Crippen LogP contribution is -2.19. The average Bonchev–Trinajstić information content (AvgIpc) is 3.07. The molecule has 0 bridgehead atoms. The van der Waals surface area contributed by atoms with Gasteiger partial charge in [-0.15, -0.1) is 0 Å². The first kappa shape index (κ1) is 16.5. The van der Waals surface area contributed by atoms with E-state index in [0.29, 0.717) is 0 Å². The maximum atomic E-state index is 6.21. The Balaban J connectivity index is 1.75. The van der Waals surface area contributed by atoms with Gasteiger partial charge in [0.2, 0.25) is 0 Å². The Morgan fingerprint density at radius 1 is 1.11 bits per heavy atom. The lowest BCUT2D eigenvalue weighted by molar-refractivity contribution is 0.738. The molecular weight excluding hydrogens is 354 g/mol. The first-order valence-corrected chi connectivity index (χ1v) is 9.68. The minimum atomic E-state index is 0.772. The van der Waals surface area contributed by atoms with E-state index in [0.717, 1.165) is 36.6 Å². The summed E-state index contributed by atoms with van der Waals surface area (Å²) in [5.41, 5.74) is 6.18. The summed E-state index contributed by atoms with van der Waals surface area (Å²) >= 11 is 6.21. The molecule has 0 unspecified atom stereocenters. The van der Waals surface area contributed by atoms with E-state index in [9.17, 15) is 0 Å². The molecule has 1 N–H and O–H groups in total. The van der Waals surface area contributed by atoms with Crippen LogP contribution in [0.3, 0.4) is 0 Å². The largest absolute Gasteiger partial charge is 0.341 e. The van der Waals surface area contributed by atoms with E-state index in [-0.39, 0.29) is 0 Å². The van der Waals surface area contributed by atoms with Crippen molar-refractivity contribution in [1.82, 2.24) is 14.9 Å². The van der Waals surface area contributed by atoms with Gasteiger partial charge in [0.05, 0.1) is 11.0 Å². The third-order valence-corrected chi connectivity index (χ3v) is 5.50. The molecule has 134 valence electrons. The highest BCUT2D eigenvalue weighted by Gasteiger charge is 2.16. The molecule has 0 fully saturated rings. The predicted molar refractivity (Wildman–Crippen MR) is 113 cm³/mol. The number of fused-ring (bicyclic) bond motifs is 3. The van der Waals surface area contributed by atoms with Crippen molar-refractivity contribution in [2.45, 2.75) is 13.0 Å². The molecule has 3 heterocycles. The topological polar surface area (TPSA) is 29.9 Å². The first-order chi connectivity index (χ1) is 13.3. The highest BCUT2D eigenvalue weighted by molar-refractivity contribution is 6.30. The summed E-state index contributed by atoms with van der Waals surface area (Å²) in [6.07, 6.45) is 7.53. The zero-order valence-electron chi connectivity index (χ0n) is 15.0. The Kier molecular flexibility index (Phi) is 4.19. The number of nitrogens with zero attached hydrogens (tertiary/aromatic N) is 2. The van der Waals surface area contributed by atoms with Crippen molar-refractivity contribution in [1.29, 1.82) is 0 Å². The molecule has 5 rings (SSSR count). The summed E-state index contributed by atoms with van der Waals surface area (Å²) in [5.74, 6) is 0. The van der Waals surface area contributed by atoms with Crippen LogP contribution in [-0.4, -0.2) is 22.6 Å². The van der Waals surface area contributed by atoms with Gasteiger partial charge >= 0.3 is 0 Å². The van der Waals surface area contributed by atoms with E-state index < -0.39 is 0 Å². The molecule has 4 aromatic rings. The second-order valence-electron chi connectivity index (χ2n) is 7.02. The van der Waals surface area contributed by atoms with Crippen molar-refractivity contribution in [3.63, 3.8) is 0 Å².